The molecule has 4 nitrogen and oxygen atoms in total. The van der Waals surface area contributed by atoms with Crippen LogP contribution in [0, 0.1) is 0 Å². The first-order valence-corrected chi connectivity index (χ1v) is 5.33. The maximum absolute atomic E-state index is 11.8. The van der Waals surface area contributed by atoms with Gasteiger partial charge in [0, 0.05) is 5.56 Å². The van der Waals surface area contributed by atoms with E-state index in [9.17, 15) is 4.79 Å². The van der Waals surface area contributed by atoms with Gasteiger partial charge in [0.1, 0.15) is 4.99 Å². The third-order valence-corrected chi connectivity index (χ3v) is 2.41. The molecule has 0 radical (unpaired) electrons. The standard InChI is InChI=1S/C12H10N2O2S/c13-11(17)8-4-1-2-5-9(8)14-12(15)10-6-3-7-16-10/h1-7H,(H2,13,17)(H,14,15). The summed E-state index contributed by atoms with van der Waals surface area (Å²) in [6.45, 7) is 0. The van der Waals surface area contributed by atoms with Gasteiger partial charge in [-0.15, -0.1) is 0 Å². The molecular weight excluding hydrogens is 236 g/mol. The Morgan fingerprint density at radius 3 is 2.65 bits per heavy atom. The second kappa shape index (κ2) is 4.80. The van der Waals surface area contributed by atoms with Crippen molar-refractivity contribution in [2.75, 3.05) is 5.32 Å². The summed E-state index contributed by atoms with van der Waals surface area (Å²) in [5.41, 5.74) is 6.76. The number of carbonyl (C=O) groups is 1. The van der Waals surface area contributed by atoms with E-state index in [2.05, 4.69) is 5.32 Å². The van der Waals surface area contributed by atoms with Crippen LogP contribution < -0.4 is 11.1 Å². The van der Waals surface area contributed by atoms with E-state index in [1.165, 1.54) is 6.26 Å². The van der Waals surface area contributed by atoms with Crippen LogP contribution in [-0.4, -0.2) is 10.9 Å². The maximum Gasteiger partial charge on any atom is 0.291 e. The van der Waals surface area contributed by atoms with Gasteiger partial charge in [0.15, 0.2) is 5.76 Å². The lowest BCUT2D eigenvalue weighted by molar-refractivity contribution is 0.0996. The largest absolute Gasteiger partial charge is 0.459 e. The van der Waals surface area contributed by atoms with Crippen molar-refractivity contribution in [3.63, 3.8) is 0 Å². The summed E-state index contributed by atoms with van der Waals surface area (Å²) in [6.07, 6.45) is 1.44. The SMILES string of the molecule is NC(=S)c1ccccc1NC(=O)c1ccco1. The maximum atomic E-state index is 11.8. The number of hydrogen-bond acceptors (Lipinski definition) is 3. The Morgan fingerprint density at radius 1 is 1.24 bits per heavy atom. The molecule has 1 aromatic carbocycles. The van der Waals surface area contributed by atoms with Gasteiger partial charge in [-0.2, -0.15) is 0 Å². The molecule has 0 aliphatic carbocycles. The van der Waals surface area contributed by atoms with E-state index in [1.807, 2.05) is 0 Å². The molecule has 1 amide bonds. The third kappa shape index (κ3) is 2.51. The minimum Gasteiger partial charge on any atom is -0.459 e. The predicted molar refractivity (Wildman–Crippen MR) is 69.0 cm³/mol. The summed E-state index contributed by atoms with van der Waals surface area (Å²) < 4.78 is 4.99. The van der Waals surface area contributed by atoms with Crippen molar-refractivity contribution in [3.8, 4) is 0 Å². The molecule has 2 aromatic rings. The van der Waals surface area contributed by atoms with Crippen LogP contribution in [0.25, 0.3) is 0 Å². The van der Waals surface area contributed by atoms with Crippen molar-refractivity contribution >= 4 is 28.8 Å². The van der Waals surface area contributed by atoms with Gasteiger partial charge >= 0.3 is 0 Å². The summed E-state index contributed by atoms with van der Waals surface area (Å²) in [4.78, 5) is 12.0. The Morgan fingerprint density at radius 2 is 2.00 bits per heavy atom. The number of thiocarbonyl (C=S) groups is 1. The fourth-order valence-corrected chi connectivity index (χ4v) is 1.58. The number of nitrogens with one attached hydrogen (secondary N) is 1. The second-order valence-electron chi connectivity index (χ2n) is 3.34. The topological polar surface area (TPSA) is 68.3 Å². The molecule has 0 atom stereocenters. The van der Waals surface area contributed by atoms with Crippen molar-refractivity contribution in [2.45, 2.75) is 0 Å². The molecule has 17 heavy (non-hydrogen) atoms. The first kappa shape index (κ1) is 11.3. The molecule has 3 N–H and O–H groups in total. The van der Waals surface area contributed by atoms with E-state index < -0.39 is 0 Å². The zero-order valence-corrected chi connectivity index (χ0v) is 9.66. The van der Waals surface area contributed by atoms with Gasteiger partial charge in [-0.3, -0.25) is 4.79 Å². The van der Waals surface area contributed by atoms with Gasteiger partial charge < -0.3 is 15.5 Å². The number of rotatable bonds is 3. The second-order valence-corrected chi connectivity index (χ2v) is 3.78. The average molecular weight is 246 g/mol. The highest BCUT2D eigenvalue weighted by Crippen LogP contribution is 2.16. The number of hydrogen-bond donors (Lipinski definition) is 2. The van der Waals surface area contributed by atoms with Crippen LogP contribution in [0.15, 0.2) is 47.1 Å². The highest BCUT2D eigenvalue weighted by Gasteiger charge is 2.11. The molecular formula is C12H10N2O2S. The zero-order chi connectivity index (χ0) is 12.3. The molecule has 1 heterocycles. The highest BCUT2D eigenvalue weighted by atomic mass is 32.1. The Bertz CT molecular complexity index is 549. The lowest BCUT2D eigenvalue weighted by atomic mass is 10.1. The number of amides is 1. The Balaban J connectivity index is 2.25. The van der Waals surface area contributed by atoms with Crippen LogP contribution in [-0.2, 0) is 0 Å². The quantitative estimate of drug-likeness (QED) is 0.814. The molecule has 5 heteroatoms. The van der Waals surface area contributed by atoms with Gasteiger partial charge in [0.25, 0.3) is 5.91 Å². The lowest BCUT2D eigenvalue weighted by Crippen LogP contribution is -2.17. The van der Waals surface area contributed by atoms with Gasteiger partial charge in [-0.05, 0) is 24.3 Å². The number of carbonyl (C=O) groups excluding carboxylic acids is 1. The number of para-hydroxylation sites is 1. The summed E-state index contributed by atoms with van der Waals surface area (Å²) in [5.74, 6) is -0.0959. The van der Waals surface area contributed by atoms with E-state index in [1.54, 1.807) is 36.4 Å². The fourth-order valence-electron chi connectivity index (χ4n) is 1.40. The van der Waals surface area contributed by atoms with Crippen molar-refractivity contribution < 1.29 is 9.21 Å². The zero-order valence-electron chi connectivity index (χ0n) is 8.84. The number of furan rings is 1. The molecule has 1 aromatic heterocycles. The molecule has 0 unspecified atom stereocenters. The van der Waals surface area contributed by atoms with Gasteiger partial charge in [-0.1, -0.05) is 24.4 Å². The first-order chi connectivity index (χ1) is 8.18. The monoisotopic (exact) mass is 246 g/mol. The molecule has 0 spiro atoms. The molecule has 0 saturated carbocycles. The van der Waals surface area contributed by atoms with Crippen LogP contribution in [0.3, 0.4) is 0 Å². The minimum absolute atomic E-state index is 0.236. The normalized spacial score (nSPS) is 9.88. The van der Waals surface area contributed by atoms with E-state index in [4.69, 9.17) is 22.4 Å². The summed E-state index contributed by atoms with van der Waals surface area (Å²) in [5, 5.41) is 2.69. The van der Waals surface area contributed by atoms with Crippen LogP contribution >= 0.6 is 12.2 Å². The molecule has 86 valence electrons. The van der Waals surface area contributed by atoms with Crippen molar-refractivity contribution in [1.29, 1.82) is 0 Å². The molecule has 0 bridgehead atoms. The van der Waals surface area contributed by atoms with Gasteiger partial charge in [0.2, 0.25) is 0 Å². The van der Waals surface area contributed by atoms with Crippen LogP contribution in [0.1, 0.15) is 16.1 Å². The Hall–Kier alpha value is -2.14. The fraction of sp³-hybridized carbons (Fsp3) is 0. The van der Waals surface area contributed by atoms with Gasteiger partial charge in [0.05, 0.1) is 12.0 Å². The molecule has 0 saturated heterocycles. The van der Waals surface area contributed by atoms with Crippen molar-refractivity contribution in [1.82, 2.24) is 0 Å². The predicted octanol–water partition coefficient (Wildman–Crippen LogP) is 2.17. The van der Waals surface area contributed by atoms with Gasteiger partial charge in [-0.25, -0.2) is 0 Å². The molecule has 0 fully saturated rings. The number of anilines is 1. The molecule has 0 aliphatic heterocycles. The first-order valence-electron chi connectivity index (χ1n) is 4.92. The van der Waals surface area contributed by atoms with E-state index in [0.717, 1.165) is 0 Å². The number of benzene rings is 1. The van der Waals surface area contributed by atoms with Crippen LogP contribution in [0.2, 0.25) is 0 Å². The summed E-state index contributed by atoms with van der Waals surface area (Å²) in [6, 6.07) is 10.3. The average Bonchev–Trinajstić information content (AvgIpc) is 2.83. The van der Waals surface area contributed by atoms with E-state index in [-0.39, 0.29) is 16.7 Å². The molecule has 0 aliphatic rings. The van der Waals surface area contributed by atoms with Crippen LogP contribution in [0.4, 0.5) is 5.69 Å². The minimum atomic E-state index is -0.335. The highest BCUT2D eigenvalue weighted by molar-refractivity contribution is 7.80. The molecule has 2 rings (SSSR count). The summed E-state index contributed by atoms with van der Waals surface area (Å²) in [7, 11) is 0. The van der Waals surface area contributed by atoms with Crippen LogP contribution in [0.5, 0.6) is 0 Å². The van der Waals surface area contributed by atoms with Crippen molar-refractivity contribution in [3.05, 3.63) is 54.0 Å². The van der Waals surface area contributed by atoms with E-state index >= 15 is 0 Å². The smallest absolute Gasteiger partial charge is 0.291 e. The lowest BCUT2D eigenvalue weighted by Gasteiger charge is -2.08. The summed E-state index contributed by atoms with van der Waals surface area (Å²) >= 11 is 4.91. The van der Waals surface area contributed by atoms with Crippen molar-refractivity contribution in [2.24, 2.45) is 5.73 Å². The van der Waals surface area contributed by atoms with E-state index in [0.29, 0.717) is 11.3 Å². The Kier molecular flexibility index (Phi) is 3.20. The number of nitrogens with two attached hydrogens (primary N) is 1. The third-order valence-electron chi connectivity index (χ3n) is 2.19. The Labute approximate surface area is 103 Å².